The van der Waals surface area contributed by atoms with Crippen molar-refractivity contribution >= 4 is 5.78 Å². The molecule has 0 unspecified atom stereocenters. The second-order valence-corrected chi connectivity index (χ2v) is 2.40. The molecule has 1 aliphatic rings. The number of ether oxygens (including phenoxy) is 1. The second kappa shape index (κ2) is 2.97. The van der Waals surface area contributed by atoms with Crippen molar-refractivity contribution < 1.29 is 9.53 Å². The lowest BCUT2D eigenvalue weighted by Crippen LogP contribution is -2.26. The van der Waals surface area contributed by atoms with E-state index in [-0.39, 0.29) is 5.92 Å². The Morgan fingerprint density at radius 2 is 2.56 bits per heavy atom. The summed E-state index contributed by atoms with van der Waals surface area (Å²) in [5, 5.41) is 0. The van der Waals surface area contributed by atoms with Crippen LogP contribution in [-0.2, 0) is 9.53 Å². The highest BCUT2D eigenvalue weighted by molar-refractivity contribution is 5.81. The lowest BCUT2D eigenvalue weighted by atomic mass is 9.98. The number of carbonyl (C=O) groups is 1. The molecule has 0 N–H and O–H groups in total. The van der Waals surface area contributed by atoms with E-state index in [9.17, 15) is 4.79 Å². The molecule has 1 fully saturated rings. The number of Topliss-reactive ketones (excluding diaryl/α,β-unsaturated/α-hetero) is 1. The minimum atomic E-state index is 0.193. The van der Waals surface area contributed by atoms with Crippen molar-refractivity contribution in [1.29, 1.82) is 0 Å². The molecule has 52 valence electrons. The third-order valence-corrected chi connectivity index (χ3v) is 1.76. The third-order valence-electron chi connectivity index (χ3n) is 1.76. The topological polar surface area (TPSA) is 26.3 Å². The van der Waals surface area contributed by atoms with E-state index in [4.69, 9.17) is 4.74 Å². The van der Waals surface area contributed by atoms with E-state index < -0.39 is 0 Å². The maximum absolute atomic E-state index is 10.9. The Hall–Kier alpha value is -0.370. The molecular weight excluding hydrogens is 116 g/mol. The number of hydrogen-bond acceptors (Lipinski definition) is 2. The molecule has 1 aliphatic heterocycles. The zero-order valence-electron chi connectivity index (χ0n) is 5.72. The van der Waals surface area contributed by atoms with Crippen LogP contribution in [0.3, 0.4) is 0 Å². The van der Waals surface area contributed by atoms with Gasteiger partial charge >= 0.3 is 0 Å². The molecule has 0 aromatic carbocycles. The van der Waals surface area contributed by atoms with Gasteiger partial charge in [0.2, 0.25) is 0 Å². The maximum atomic E-state index is 10.9. The van der Waals surface area contributed by atoms with Crippen LogP contribution in [-0.4, -0.2) is 19.0 Å². The predicted octanol–water partition coefficient (Wildman–Crippen LogP) is 1.00. The Morgan fingerprint density at radius 3 is 3.00 bits per heavy atom. The van der Waals surface area contributed by atoms with E-state index in [1.165, 1.54) is 0 Å². The molecule has 0 saturated carbocycles. The van der Waals surface area contributed by atoms with E-state index in [0.717, 1.165) is 6.42 Å². The Morgan fingerprint density at radius 1 is 1.78 bits per heavy atom. The van der Waals surface area contributed by atoms with Crippen LogP contribution in [0.4, 0.5) is 0 Å². The van der Waals surface area contributed by atoms with Crippen LogP contribution in [0.25, 0.3) is 0 Å². The highest BCUT2D eigenvalue weighted by Gasteiger charge is 2.19. The van der Waals surface area contributed by atoms with Crippen LogP contribution in [0.15, 0.2) is 0 Å². The van der Waals surface area contributed by atoms with Crippen molar-refractivity contribution in [2.75, 3.05) is 13.2 Å². The Bertz CT molecular complexity index is 109. The van der Waals surface area contributed by atoms with Gasteiger partial charge < -0.3 is 4.74 Å². The van der Waals surface area contributed by atoms with E-state index in [1.807, 2.05) is 6.92 Å². The molecule has 0 aromatic heterocycles. The van der Waals surface area contributed by atoms with Gasteiger partial charge in [-0.25, -0.2) is 0 Å². The molecule has 2 nitrogen and oxygen atoms in total. The molecule has 1 rings (SSSR count). The average Bonchev–Trinajstić information content (AvgIpc) is 1.89. The summed E-state index contributed by atoms with van der Waals surface area (Å²) in [6.45, 7) is 3.31. The largest absolute Gasteiger partial charge is 0.380 e. The molecule has 0 spiro atoms. The van der Waals surface area contributed by atoms with E-state index >= 15 is 0 Å². The molecular formula is C7H12O2. The molecule has 0 aliphatic carbocycles. The molecule has 0 bridgehead atoms. The van der Waals surface area contributed by atoms with Gasteiger partial charge in [-0.1, -0.05) is 6.92 Å². The summed E-state index contributed by atoms with van der Waals surface area (Å²) in [6, 6.07) is 0. The van der Waals surface area contributed by atoms with Gasteiger partial charge in [-0.2, -0.15) is 0 Å². The standard InChI is InChI=1S/C7H12O2/c1-2-6-5-9-4-3-7(6)8/h6H,2-5H2,1H3/t6-/m1/s1. The molecule has 0 radical (unpaired) electrons. The minimum Gasteiger partial charge on any atom is -0.380 e. The van der Waals surface area contributed by atoms with E-state index in [0.29, 0.717) is 25.4 Å². The monoisotopic (exact) mass is 128 g/mol. The summed E-state index contributed by atoms with van der Waals surface area (Å²) in [5.74, 6) is 0.572. The fourth-order valence-corrected chi connectivity index (χ4v) is 1.04. The number of ketones is 1. The van der Waals surface area contributed by atoms with Crippen molar-refractivity contribution in [2.45, 2.75) is 19.8 Å². The minimum absolute atomic E-state index is 0.193. The first-order valence-corrected chi connectivity index (χ1v) is 3.45. The summed E-state index contributed by atoms with van der Waals surface area (Å²) >= 11 is 0. The fraction of sp³-hybridized carbons (Fsp3) is 0.857. The van der Waals surface area contributed by atoms with Crippen LogP contribution in [0, 0.1) is 5.92 Å². The summed E-state index contributed by atoms with van der Waals surface area (Å²) in [4.78, 5) is 10.9. The zero-order chi connectivity index (χ0) is 6.69. The van der Waals surface area contributed by atoms with Gasteiger partial charge in [0.25, 0.3) is 0 Å². The van der Waals surface area contributed by atoms with Gasteiger partial charge in [0.1, 0.15) is 5.78 Å². The van der Waals surface area contributed by atoms with Crippen LogP contribution in [0.1, 0.15) is 19.8 Å². The summed E-state index contributed by atoms with van der Waals surface area (Å²) in [6.07, 6.45) is 1.55. The predicted molar refractivity (Wildman–Crippen MR) is 34.2 cm³/mol. The van der Waals surface area contributed by atoms with Gasteiger partial charge in [-0.05, 0) is 6.42 Å². The van der Waals surface area contributed by atoms with E-state index in [1.54, 1.807) is 0 Å². The normalized spacial score (nSPS) is 28.6. The molecule has 0 aromatic rings. The van der Waals surface area contributed by atoms with Crippen LogP contribution in [0.2, 0.25) is 0 Å². The third kappa shape index (κ3) is 1.52. The average molecular weight is 128 g/mol. The smallest absolute Gasteiger partial charge is 0.140 e. The zero-order valence-corrected chi connectivity index (χ0v) is 5.72. The lowest BCUT2D eigenvalue weighted by molar-refractivity contribution is -0.130. The van der Waals surface area contributed by atoms with Gasteiger partial charge in [0.15, 0.2) is 0 Å². The first-order valence-electron chi connectivity index (χ1n) is 3.45. The highest BCUT2D eigenvalue weighted by atomic mass is 16.5. The first kappa shape index (κ1) is 6.75. The summed E-state index contributed by atoms with van der Waals surface area (Å²) in [5.41, 5.74) is 0. The van der Waals surface area contributed by atoms with Crippen molar-refractivity contribution in [3.8, 4) is 0 Å². The van der Waals surface area contributed by atoms with Gasteiger partial charge in [0.05, 0.1) is 13.2 Å². The Kier molecular flexibility index (Phi) is 2.22. The number of rotatable bonds is 1. The summed E-state index contributed by atoms with van der Waals surface area (Å²) < 4.78 is 5.12. The molecule has 1 heterocycles. The second-order valence-electron chi connectivity index (χ2n) is 2.40. The molecule has 2 heteroatoms. The van der Waals surface area contributed by atoms with Crippen molar-refractivity contribution in [3.05, 3.63) is 0 Å². The van der Waals surface area contributed by atoms with Gasteiger partial charge in [-0.15, -0.1) is 0 Å². The molecule has 9 heavy (non-hydrogen) atoms. The van der Waals surface area contributed by atoms with Gasteiger partial charge in [-0.3, -0.25) is 4.79 Å². The highest BCUT2D eigenvalue weighted by Crippen LogP contribution is 2.12. The van der Waals surface area contributed by atoms with Crippen LogP contribution < -0.4 is 0 Å². The molecule has 1 saturated heterocycles. The van der Waals surface area contributed by atoms with Crippen molar-refractivity contribution in [2.24, 2.45) is 5.92 Å². The maximum Gasteiger partial charge on any atom is 0.140 e. The van der Waals surface area contributed by atoms with Crippen LogP contribution in [0.5, 0.6) is 0 Å². The SMILES string of the molecule is CC[C@@H]1COCCC1=O. The Balaban J connectivity index is 2.39. The molecule has 1 atom stereocenters. The Labute approximate surface area is 55.2 Å². The molecule has 0 amide bonds. The van der Waals surface area contributed by atoms with Crippen molar-refractivity contribution in [3.63, 3.8) is 0 Å². The number of carbonyl (C=O) groups excluding carboxylic acids is 1. The first-order chi connectivity index (χ1) is 4.34. The fourth-order valence-electron chi connectivity index (χ4n) is 1.04. The number of hydrogen-bond donors (Lipinski definition) is 0. The summed E-state index contributed by atoms with van der Waals surface area (Å²) in [7, 11) is 0. The van der Waals surface area contributed by atoms with Gasteiger partial charge in [0, 0.05) is 12.3 Å². The van der Waals surface area contributed by atoms with E-state index in [2.05, 4.69) is 0 Å². The quantitative estimate of drug-likeness (QED) is 0.526. The van der Waals surface area contributed by atoms with Crippen molar-refractivity contribution in [1.82, 2.24) is 0 Å². The lowest BCUT2D eigenvalue weighted by Gasteiger charge is -2.18. The van der Waals surface area contributed by atoms with Crippen LogP contribution >= 0.6 is 0 Å².